The van der Waals surface area contributed by atoms with Gasteiger partial charge >= 0.3 is 5.97 Å². The number of aromatic carboxylic acids is 1. The molecule has 0 unspecified atom stereocenters. The fourth-order valence-corrected chi connectivity index (χ4v) is 1.38. The summed E-state index contributed by atoms with van der Waals surface area (Å²) in [5.41, 5.74) is -0.519. The van der Waals surface area contributed by atoms with Crippen molar-refractivity contribution in [3.05, 3.63) is 29.8 Å². The molecule has 0 atom stereocenters. The van der Waals surface area contributed by atoms with E-state index in [-0.39, 0.29) is 18.8 Å². The van der Waals surface area contributed by atoms with E-state index in [1.807, 2.05) is 0 Å². The minimum absolute atomic E-state index is 0.170. The summed E-state index contributed by atoms with van der Waals surface area (Å²) in [6, 6.07) is 6.11. The summed E-state index contributed by atoms with van der Waals surface area (Å²) in [4.78, 5) is 10.7. The summed E-state index contributed by atoms with van der Waals surface area (Å²) < 4.78 is 5.41. The van der Waals surface area contributed by atoms with E-state index in [1.165, 1.54) is 12.1 Å². The summed E-state index contributed by atoms with van der Waals surface area (Å²) in [6.45, 7) is 2.17. The van der Waals surface area contributed by atoms with Gasteiger partial charge in [0.2, 0.25) is 0 Å². The van der Waals surface area contributed by atoms with Gasteiger partial charge in [-0.15, -0.1) is 0 Å². The summed E-state index contributed by atoms with van der Waals surface area (Å²) in [6.07, 6.45) is 0. The van der Waals surface area contributed by atoms with Gasteiger partial charge in [0.25, 0.3) is 0 Å². The first-order chi connectivity index (χ1) is 9.00. The van der Waals surface area contributed by atoms with Crippen LogP contribution in [0, 0.1) is 0 Å². The first-order valence-corrected chi connectivity index (χ1v) is 5.94. The quantitative estimate of drug-likeness (QED) is 0.499. The van der Waals surface area contributed by atoms with Crippen LogP contribution < -0.4 is 10.1 Å². The zero-order chi connectivity index (χ0) is 14.3. The zero-order valence-electron chi connectivity index (χ0n) is 10.8. The maximum atomic E-state index is 10.7. The number of nitrogens with one attached hydrogen (secondary N) is 1. The molecule has 0 spiro atoms. The van der Waals surface area contributed by atoms with Gasteiger partial charge < -0.3 is 25.4 Å². The summed E-state index contributed by atoms with van der Waals surface area (Å²) in [7, 11) is 0. The fraction of sp³-hybridized carbons (Fsp3) is 0.462. The lowest BCUT2D eigenvalue weighted by Gasteiger charge is -2.26. The third kappa shape index (κ3) is 4.86. The van der Waals surface area contributed by atoms with Crippen LogP contribution in [0.4, 0.5) is 0 Å². The van der Waals surface area contributed by atoms with Crippen molar-refractivity contribution in [1.82, 2.24) is 5.32 Å². The van der Waals surface area contributed by atoms with Crippen molar-refractivity contribution in [2.24, 2.45) is 0 Å². The molecule has 0 bridgehead atoms. The Morgan fingerprint density at radius 3 is 2.32 bits per heavy atom. The average Bonchev–Trinajstić information content (AvgIpc) is 2.44. The molecule has 4 N–H and O–H groups in total. The maximum absolute atomic E-state index is 10.7. The van der Waals surface area contributed by atoms with Gasteiger partial charge in [-0.25, -0.2) is 4.79 Å². The predicted molar refractivity (Wildman–Crippen MR) is 69.5 cm³/mol. The predicted octanol–water partition coefficient (Wildman–Crippen LogP) is 0.0965. The van der Waals surface area contributed by atoms with E-state index in [0.717, 1.165) is 0 Å². The number of carboxylic acid groups (broad SMARTS) is 1. The molecule has 0 fully saturated rings. The molecule has 0 saturated heterocycles. The molecule has 0 amide bonds. The first kappa shape index (κ1) is 15.4. The van der Waals surface area contributed by atoms with E-state index in [0.29, 0.717) is 18.9 Å². The SMILES string of the molecule is CC(CO)(CO)NCCOc1ccc(C(=O)O)cc1. The Kier molecular flexibility index (Phi) is 5.75. The van der Waals surface area contributed by atoms with Crippen molar-refractivity contribution >= 4 is 5.97 Å². The van der Waals surface area contributed by atoms with Crippen LogP contribution in [0.3, 0.4) is 0 Å². The Morgan fingerprint density at radius 2 is 1.84 bits per heavy atom. The van der Waals surface area contributed by atoms with Gasteiger partial charge in [0.1, 0.15) is 12.4 Å². The number of aliphatic hydroxyl groups excluding tert-OH is 2. The normalized spacial score (nSPS) is 11.3. The van der Waals surface area contributed by atoms with Gasteiger partial charge in [0, 0.05) is 6.54 Å². The average molecular weight is 269 g/mol. The Morgan fingerprint density at radius 1 is 1.26 bits per heavy atom. The van der Waals surface area contributed by atoms with Crippen molar-refractivity contribution in [2.45, 2.75) is 12.5 Å². The molecular weight excluding hydrogens is 250 g/mol. The van der Waals surface area contributed by atoms with Gasteiger partial charge in [-0.1, -0.05) is 0 Å². The third-order valence-corrected chi connectivity index (χ3v) is 2.72. The third-order valence-electron chi connectivity index (χ3n) is 2.72. The zero-order valence-corrected chi connectivity index (χ0v) is 10.8. The van der Waals surface area contributed by atoms with E-state index in [1.54, 1.807) is 19.1 Å². The minimum atomic E-state index is -0.977. The molecule has 1 rings (SSSR count). The first-order valence-electron chi connectivity index (χ1n) is 5.94. The van der Waals surface area contributed by atoms with Crippen molar-refractivity contribution in [3.63, 3.8) is 0 Å². The molecule has 1 aromatic rings. The highest BCUT2D eigenvalue weighted by atomic mass is 16.5. The molecule has 106 valence electrons. The van der Waals surface area contributed by atoms with Gasteiger partial charge in [0.15, 0.2) is 0 Å². The number of hydrogen-bond acceptors (Lipinski definition) is 5. The lowest BCUT2D eigenvalue weighted by molar-refractivity contribution is 0.0697. The Balaban J connectivity index is 2.35. The number of carbonyl (C=O) groups is 1. The van der Waals surface area contributed by atoms with Gasteiger partial charge in [0.05, 0.1) is 24.3 Å². The maximum Gasteiger partial charge on any atom is 0.335 e. The Labute approximate surface area is 111 Å². The minimum Gasteiger partial charge on any atom is -0.492 e. The highest BCUT2D eigenvalue weighted by Crippen LogP contribution is 2.12. The van der Waals surface area contributed by atoms with E-state index >= 15 is 0 Å². The van der Waals surface area contributed by atoms with Gasteiger partial charge in [-0.2, -0.15) is 0 Å². The van der Waals surface area contributed by atoms with Crippen molar-refractivity contribution in [2.75, 3.05) is 26.4 Å². The largest absolute Gasteiger partial charge is 0.492 e. The second-order valence-corrected chi connectivity index (χ2v) is 4.48. The Bertz CT molecular complexity index is 400. The van der Waals surface area contributed by atoms with E-state index in [4.69, 9.17) is 20.1 Å². The number of benzene rings is 1. The van der Waals surface area contributed by atoms with Crippen LogP contribution in [0.5, 0.6) is 5.75 Å². The molecule has 0 saturated carbocycles. The molecule has 0 heterocycles. The van der Waals surface area contributed by atoms with Crippen LogP contribution in [0.1, 0.15) is 17.3 Å². The van der Waals surface area contributed by atoms with Crippen molar-refractivity contribution in [1.29, 1.82) is 0 Å². The molecule has 0 aliphatic rings. The molecule has 0 aromatic heterocycles. The number of hydrogen-bond donors (Lipinski definition) is 4. The number of carboxylic acids is 1. The molecular formula is C13H19NO5. The van der Waals surface area contributed by atoms with E-state index in [9.17, 15) is 4.79 Å². The Hall–Kier alpha value is -1.63. The smallest absolute Gasteiger partial charge is 0.335 e. The highest BCUT2D eigenvalue weighted by molar-refractivity contribution is 5.87. The number of rotatable bonds is 8. The van der Waals surface area contributed by atoms with Crippen molar-refractivity contribution < 1.29 is 24.9 Å². The van der Waals surface area contributed by atoms with Crippen molar-refractivity contribution in [3.8, 4) is 5.75 Å². The van der Waals surface area contributed by atoms with Crippen LogP contribution in [-0.2, 0) is 0 Å². The lowest BCUT2D eigenvalue weighted by Crippen LogP contribution is -2.50. The van der Waals surface area contributed by atoms with Crippen LogP contribution in [0.15, 0.2) is 24.3 Å². The molecule has 6 heteroatoms. The second-order valence-electron chi connectivity index (χ2n) is 4.48. The van der Waals surface area contributed by atoms with E-state index in [2.05, 4.69) is 5.32 Å². The summed E-state index contributed by atoms with van der Waals surface area (Å²) in [5, 5.41) is 29.8. The molecule has 19 heavy (non-hydrogen) atoms. The standard InChI is InChI=1S/C13H19NO5/c1-13(8-15,9-16)14-6-7-19-11-4-2-10(3-5-11)12(17)18/h2-5,14-16H,6-9H2,1H3,(H,17,18). The topological polar surface area (TPSA) is 99.0 Å². The van der Waals surface area contributed by atoms with Crippen LogP contribution >= 0.6 is 0 Å². The highest BCUT2D eigenvalue weighted by Gasteiger charge is 2.20. The molecule has 1 aromatic carbocycles. The summed E-state index contributed by atoms with van der Waals surface area (Å²) >= 11 is 0. The molecule has 0 aliphatic carbocycles. The number of aliphatic hydroxyl groups is 2. The lowest BCUT2D eigenvalue weighted by atomic mass is 10.1. The second kappa shape index (κ2) is 7.08. The van der Waals surface area contributed by atoms with Crippen LogP contribution in [0.2, 0.25) is 0 Å². The van der Waals surface area contributed by atoms with Gasteiger partial charge in [-0.05, 0) is 31.2 Å². The monoisotopic (exact) mass is 269 g/mol. The molecule has 0 radical (unpaired) electrons. The molecule has 0 aliphatic heterocycles. The van der Waals surface area contributed by atoms with Gasteiger partial charge in [-0.3, -0.25) is 0 Å². The van der Waals surface area contributed by atoms with Crippen LogP contribution in [-0.4, -0.2) is 53.2 Å². The number of ether oxygens (including phenoxy) is 1. The summed E-state index contributed by atoms with van der Waals surface area (Å²) in [5.74, 6) is -0.406. The fourth-order valence-electron chi connectivity index (χ4n) is 1.38. The van der Waals surface area contributed by atoms with E-state index < -0.39 is 11.5 Å². The molecule has 6 nitrogen and oxygen atoms in total. The van der Waals surface area contributed by atoms with Crippen LogP contribution in [0.25, 0.3) is 0 Å².